The van der Waals surface area contributed by atoms with Crippen LogP contribution in [0.1, 0.15) is 62.0 Å². The van der Waals surface area contributed by atoms with Crippen LogP contribution in [0, 0.1) is 0 Å². The van der Waals surface area contributed by atoms with Crippen molar-refractivity contribution in [1.29, 1.82) is 0 Å². The number of carbonyl (C=O) groups is 3. The molecule has 0 saturated carbocycles. The van der Waals surface area contributed by atoms with E-state index in [4.69, 9.17) is 14.2 Å². The fraction of sp³-hybridized carbons (Fsp3) is 0.414. The summed E-state index contributed by atoms with van der Waals surface area (Å²) in [6.07, 6.45) is 2.77. The molecular weight excluding hydrogens is 486 g/mol. The van der Waals surface area contributed by atoms with Gasteiger partial charge in [-0.3, -0.25) is 9.69 Å². The number of allylic oxidation sites excluding steroid dienone is 1. The molecule has 2 N–H and O–H groups in total. The lowest BCUT2D eigenvalue weighted by atomic mass is 9.94. The number of urea groups is 1. The number of anilines is 1. The molecule has 2 aromatic carbocycles. The highest BCUT2D eigenvalue weighted by Crippen LogP contribution is 2.32. The van der Waals surface area contributed by atoms with Crippen LogP contribution in [-0.2, 0) is 14.3 Å². The van der Waals surface area contributed by atoms with Gasteiger partial charge in [-0.1, -0.05) is 32.4 Å². The zero-order chi connectivity index (χ0) is 27.5. The Morgan fingerprint density at radius 3 is 2.32 bits per heavy atom. The quantitative estimate of drug-likeness (QED) is 0.281. The van der Waals surface area contributed by atoms with E-state index in [9.17, 15) is 14.4 Å². The molecule has 9 nitrogen and oxygen atoms in total. The van der Waals surface area contributed by atoms with Gasteiger partial charge in [-0.15, -0.1) is 0 Å². The maximum absolute atomic E-state index is 13.0. The molecule has 1 aliphatic heterocycles. The summed E-state index contributed by atoms with van der Waals surface area (Å²) >= 11 is 0. The molecule has 9 heteroatoms. The lowest BCUT2D eigenvalue weighted by Gasteiger charge is -2.35. The second kappa shape index (κ2) is 14.2. The first-order valence-corrected chi connectivity index (χ1v) is 13.0. The number of carbonyl (C=O) groups excluding carboxylic acids is 3. The van der Waals surface area contributed by atoms with Crippen LogP contribution in [0.4, 0.5) is 10.5 Å². The van der Waals surface area contributed by atoms with Crippen molar-refractivity contribution in [3.05, 3.63) is 70.9 Å². The summed E-state index contributed by atoms with van der Waals surface area (Å²) in [5.41, 5.74) is 2.71. The lowest BCUT2D eigenvalue weighted by Crippen LogP contribution is -2.48. The van der Waals surface area contributed by atoms with Crippen LogP contribution in [0.5, 0.6) is 5.75 Å². The number of hydrogen-bond donors (Lipinski definition) is 2. The highest BCUT2D eigenvalue weighted by atomic mass is 16.6. The minimum absolute atomic E-state index is 0.109. The number of ether oxygens (including phenoxy) is 3. The number of unbranched alkanes of at least 4 members (excludes halogenated alkanes) is 1. The van der Waals surface area contributed by atoms with E-state index in [1.54, 1.807) is 60.4 Å². The fourth-order valence-electron chi connectivity index (χ4n) is 4.08. The number of nitrogens with zero attached hydrogens (tertiary/aromatic N) is 1. The highest BCUT2D eigenvalue weighted by Gasteiger charge is 2.36. The molecule has 0 radical (unpaired) electrons. The van der Waals surface area contributed by atoms with Gasteiger partial charge in [-0.05, 0) is 61.7 Å². The van der Waals surface area contributed by atoms with E-state index in [1.807, 2.05) is 6.92 Å². The second-order valence-electron chi connectivity index (χ2n) is 8.96. The number of amides is 3. The van der Waals surface area contributed by atoms with E-state index in [2.05, 4.69) is 17.6 Å². The van der Waals surface area contributed by atoms with Crippen molar-refractivity contribution in [2.75, 3.05) is 38.8 Å². The number of methoxy groups -OCH3 is 1. The molecule has 0 bridgehead atoms. The van der Waals surface area contributed by atoms with Gasteiger partial charge < -0.3 is 24.8 Å². The molecule has 1 atom stereocenters. The monoisotopic (exact) mass is 523 g/mol. The molecule has 0 saturated heterocycles. The Bertz CT molecular complexity index is 1130. The van der Waals surface area contributed by atoms with E-state index >= 15 is 0 Å². The Balaban J connectivity index is 1.74. The first kappa shape index (κ1) is 28.7. The van der Waals surface area contributed by atoms with Crippen molar-refractivity contribution in [2.24, 2.45) is 0 Å². The second-order valence-corrected chi connectivity index (χ2v) is 8.96. The van der Waals surface area contributed by atoms with Crippen LogP contribution in [0.15, 0.2) is 59.8 Å². The molecule has 0 spiro atoms. The van der Waals surface area contributed by atoms with E-state index in [1.165, 1.54) is 7.11 Å². The van der Waals surface area contributed by atoms with Gasteiger partial charge in [0.2, 0.25) is 0 Å². The van der Waals surface area contributed by atoms with E-state index in [0.717, 1.165) is 25.0 Å². The van der Waals surface area contributed by atoms with E-state index in [-0.39, 0.29) is 25.2 Å². The Kier molecular flexibility index (Phi) is 10.7. The van der Waals surface area contributed by atoms with Crippen molar-refractivity contribution in [1.82, 2.24) is 10.2 Å². The van der Waals surface area contributed by atoms with Crippen LogP contribution in [-0.4, -0.2) is 56.3 Å². The number of hydrogen-bond acceptors (Lipinski definition) is 6. The van der Waals surface area contributed by atoms with Crippen LogP contribution >= 0.6 is 0 Å². The van der Waals surface area contributed by atoms with E-state index in [0.29, 0.717) is 41.2 Å². The molecule has 2 aromatic rings. The standard InChI is InChI=1S/C29H37N3O6/c1-5-7-17-37-24-14-10-22(11-15-24)27(33)30-23-12-8-21(9-13-23)26-25(28(34)38-19-18-36-4)20(3)32(16-6-2)29(35)31-26/h8-15,26H,5-7,16-19H2,1-4H3,(H,30,33)(H,31,35). The van der Waals surface area contributed by atoms with Gasteiger partial charge in [0.1, 0.15) is 12.4 Å². The predicted octanol–water partition coefficient (Wildman–Crippen LogP) is 5.06. The number of benzene rings is 2. The number of nitrogens with one attached hydrogen (secondary N) is 2. The summed E-state index contributed by atoms with van der Waals surface area (Å²) in [4.78, 5) is 40.1. The predicted molar refractivity (Wildman–Crippen MR) is 145 cm³/mol. The SMILES string of the molecule is CCCCOc1ccc(C(=O)Nc2ccc(C3NC(=O)N(CCC)C(C)=C3C(=O)OCCOC)cc2)cc1. The first-order valence-electron chi connectivity index (χ1n) is 13.0. The van der Waals surface area contributed by atoms with Crippen molar-refractivity contribution in [2.45, 2.75) is 46.1 Å². The third-order valence-electron chi connectivity index (χ3n) is 6.17. The molecule has 3 rings (SSSR count). The van der Waals surface area contributed by atoms with Gasteiger partial charge in [0, 0.05) is 30.6 Å². The largest absolute Gasteiger partial charge is 0.494 e. The average molecular weight is 524 g/mol. The number of esters is 1. The van der Waals surface area contributed by atoms with E-state index < -0.39 is 12.0 Å². The average Bonchev–Trinajstić information content (AvgIpc) is 2.91. The molecule has 1 aliphatic rings. The van der Waals surface area contributed by atoms with Crippen LogP contribution in [0.3, 0.4) is 0 Å². The van der Waals surface area contributed by atoms with Gasteiger partial charge in [0.15, 0.2) is 0 Å². The fourth-order valence-corrected chi connectivity index (χ4v) is 4.08. The lowest BCUT2D eigenvalue weighted by molar-refractivity contribution is -0.140. The summed E-state index contributed by atoms with van der Waals surface area (Å²) in [7, 11) is 1.53. The van der Waals surface area contributed by atoms with Gasteiger partial charge in [-0.2, -0.15) is 0 Å². The molecule has 38 heavy (non-hydrogen) atoms. The summed E-state index contributed by atoms with van der Waals surface area (Å²) in [5, 5.41) is 5.80. The van der Waals surface area contributed by atoms with Crippen LogP contribution in [0.25, 0.3) is 0 Å². The van der Waals surface area contributed by atoms with Crippen molar-refractivity contribution < 1.29 is 28.6 Å². The Hall–Kier alpha value is -3.85. The number of rotatable bonds is 13. The summed E-state index contributed by atoms with van der Waals surface area (Å²) in [5.74, 6) is -0.0337. The minimum atomic E-state index is -0.685. The Morgan fingerprint density at radius 1 is 0.974 bits per heavy atom. The van der Waals surface area contributed by atoms with Gasteiger partial charge in [0.25, 0.3) is 5.91 Å². The maximum Gasteiger partial charge on any atom is 0.338 e. The minimum Gasteiger partial charge on any atom is -0.494 e. The smallest absolute Gasteiger partial charge is 0.338 e. The van der Waals surface area contributed by atoms with Gasteiger partial charge >= 0.3 is 12.0 Å². The molecule has 1 heterocycles. The third kappa shape index (κ3) is 7.35. The molecule has 0 aliphatic carbocycles. The topological polar surface area (TPSA) is 106 Å². The molecule has 0 fully saturated rings. The van der Waals surface area contributed by atoms with Crippen molar-refractivity contribution >= 4 is 23.6 Å². The van der Waals surface area contributed by atoms with Gasteiger partial charge in [0.05, 0.1) is 24.8 Å². The third-order valence-corrected chi connectivity index (χ3v) is 6.17. The van der Waals surface area contributed by atoms with Gasteiger partial charge in [-0.25, -0.2) is 9.59 Å². The zero-order valence-electron chi connectivity index (χ0n) is 22.5. The molecule has 204 valence electrons. The Labute approximate surface area is 224 Å². The normalized spacial score (nSPS) is 15.2. The highest BCUT2D eigenvalue weighted by molar-refractivity contribution is 6.04. The molecule has 3 amide bonds. The molecule has 0 aromatic heterocycles. The van der Waals surface area contributed by atoms with Crippen LogP contribution in [0.2, 0.25) is 0 Å². The summed E-state index contributed by atoms with van der Waals surface area (Å²) < 4.78 is 16.0. The molecule has 1 unspecified atom stereocenters. The maximum atomic E-state index is 13.0. The first-order chi connectivity index (χ1) is 18.4. The summed E-state index contributed by atoms with van der Waals surface area (Å²) in [6, 6.07) is 13.1. The van der Waals surface area contributed by atoms with Crippen molar-refractivity contribution in [3.8, 4) is 5.75 Å². The Morgan fingerprint density at radius 2 is 1.68 bits per heavy atom. The summed E-state index contributed by atoms with van der Waals surface area (Å²) in [6.45, 7) is 7.33. The molecular formula is C29H37N3O6. The zero-order valence-corrected chi connectivity index (χ0v) is 22.5. The van der Waals surface area contributed by atoms with Crippen LogP contribution < -0.4 is 15.4 Å². The van der Waals surface area contributed by atoms with Crippen molar-refractivity contribution in [3.63, 3.8) is 0 Å².